The minimum Gasteiger partial charge on any atom is -0.381 e. The van der Waals surface area contributed by atoms with E-state index in [-0.39, 0.29) is 17.9 Å². The van der Waals surface area contributed by atoms with Crippen molar-refractivity contribution in [2.24, 2.45) is 0 Å². The van der Waals surface area contributed by atoms with Crippen LogP contribution in [0, 0.1) is 0 Å². The molecule has 4 rings (SSSR count). The molecule has 0 saturated carbocycles. The third kappa shape index (κ3) is 4.78. The van der Waals surface area contributed by atoms with E-state index in [1.807, 2.05) is 34.1 Å². The molecule has 0 spiro atoms. The van der Waals surface area contributed by atoms with Crippen LogP contribution < -0.4 is 10.6 Å². The zero-order valence-corrected chi connectivity index (χ0v) is 19.1. The van der Waals surface area contributed by atoms with Crippen LogP contribution in [0.3, 0.4) is 0 Å². The molecule has 3 heterocycles. The van der Waals surface area contributed by atoms with Gasteiger partial charge in [0.25, 0.3) is 11.8 Å². The molecule has 32 heavy (non-hydrogen) atoms. The number of hydrogen-bond donors (Lipinski definition) is 2. The van der Waals surface area contributed by atoms with Crippen LogP contribution in [0.25, 0.3) is 11.3 Å². The van der Waals surface area contributed by atoms with Gasteiger partial charge in [-0.3, -0.25) is 14.6 Å². The number of piperidine rings is 1. The van der Waals surface area contributed by atoms with Gasteiger partial charge in [0.05, 0.1) is 22.5 Å². The Morgan fingerprint density at radius 2 is 1.66 bits per heavy atom. The summed E-state index contributed by atoms with van der Waals surface area (Å²) < 4.78 is 0. The molecule has 7 nitrogen and oxygen atoms in total. The fraction of sp³-hybridized carbons (Fsp3) is 0.480. The van der Waals surface area contributed by atoms with Crippen molar-refractivity contribution >= 4 is 17.5 Å². The lowest BCUT2D eigenvalue weighted by molar-refractivity contribution is 0.0691. The second-order valence-electron chi connectivity index (χ2n) is 8.82. The number of carbonyl (C=O) groups is 2. The maximum atomic E-state index is 13.8. The zero-order chi connectivity index (χ0) is 22.5. The number of aromatic nitrogens is 1. The van der Waals surface area contributed by atoms with Crippen LogP contribution in [0.1, 0.15) is 53.8 Å². The molecule has 0 atom stereocenters. The number of amides is 2. The van der Waals surface area contributed by atoms with Crippen LogP contribution in [-0.4, -0.2) is 71.9 Å². The Hall–Kier alpha value is -2.93. The van der Waals surface area contributed by atoms with Gasteiger partial charge in [-0.1, -0.05) is 12.1 Å². The van der Waals surface area contributed by atoms with Gasteiger partial charge in [-0.15, -0.1) is 0 Å². The summed E-state index contributed by atoms with van der Waals surface area (Å²) >= 11 is 0. The zero-order valence-electron chi connectivity index (χ0n) is 19.1. The van der Waals surface area contributed by atoms with Crippen LogP contribution in [0.5, 0.6) is 0 Å². The fourth-order valence-electron chi connectivity index (χ4n) is 4.50. The minimum atomic E-state index is -0.0939. The number of rotatable bonds is 5. The van der Waals surface area contributed by atoms with Crippen molar-refractivity contribution in [2.45, 2.75) is 39.2 Å². The third-order valence-electron chi connectivity index (χ3n) is 6.06. The van der Waals surface area contributed by atoms with Crippen molar-refractivity contribution in [2.75, 3.05) is 44.6 Å². The van der Waals surface area contributed by atoms with Gasteiger partial charge in [-0.05, 0) is 51.3 Å². The van der Waals surface area contributed by atoms with E-state index in [2.05, 4.69) is 29.5 Å². The van der Waals surface area contributed by atoms with Crippen molar-refractivity contribution in [1.29, 1.82) is 0 Å². The van der Waals surface area contributed by atoms with Crippen molar-refractivity contribution in [3.8, 4) is 11.3 Å². The highest BCUT2D eigenvalue weighted by Crippen LogP contribution is 2.32. The molecule has 2 aromatic rings. The minimum absolute atomic E-state index is 0.0562. The van der Waals surface area contributed by atoms with Crippen LogP contribution in [0.4, 0.5) is 5.69 Å². The van der Waals surface area contributed by atoms with E-state index in [0.29, 0.717) is 35.5 Å². The topological polar surface area (TPSA) is 77.6 Å². The van der Waals surface area contributed by atoms with Gasteiger partial charge < -0.3 is 20.4 Å². The van der Waals surface area contributed by atoms with E-state index in [1.165, 1.54) is 0 Å². The van der Waals surface area contributed by atoms with Crippen LogP contribution in [0.15, 0.2) is 36.5 Å². The number of pyridine rings is 1. The molecule has 2 amide bonds. The van der Waals surface area contributed by atoms with Crippen LogP contribution >= 0.6 is 0 Å². The SMILES string of the molecule is CC(C)Nc1cccnc1-c1cccc(C(=O)N2CCCCC2)c1C(=O)N1CCNCC1. The summed E-state index contributed by atoms with van der Waals surface area (Å²) in [6.07, 6.45) is 4.90. The average Bonchev–Trinajstić information content (AvgIpc) is 2.84. The molecule has 0 bridgehead atoms. The van der Waals surface area contributed by atoms with Gasteiger partial charge in [0.2, 0.25) is 0 Å². The Morgan fingerprint density at radius 3 is 2.38 bits per heavy atom. The Balaban J connectivity index is 1.83. The number of carbonyl (C=O) groups excluding carboxylic acids is 2. The highest BCUT2D eigenvalue weighted by atomic mass is 16.2. The van der Waals surface area contributed by atoms with Gasteiger partial charge in [-0.2, -0.15) is 0 Å². The lowest BCUT2D eigenvalue weighted by atomic mass is 9.94. The Labute approximate surface area is 190 Å². The van der Waals surface area contributed by atoms with Crippen LogP contribution in [0.2, 0.25) is 0 Å². The summed E-state index contributed by atoms with van der Waals surface area (Å²) in [6, 6.07) is 9.65. The lowest BCUT2D eigenvalue weighted by Crippen LogP contribution is -2.47. The second kappa shape index (κ2) is 10.1. The molecule has 0 radical (unpaired) electrons. The largest absolute Gasteiger partial charge is 0.381 e. The highest BCUT2D eigenvalue weighted by molar-refractivity contribution is 6.11. The first kappa shape index (κ1) is 22.3. The molecule has 2 fully saturated rings. The molecule has 2 aliphatic heterocycles. The van der Waals surface area contributed by atoms with Gasteiger partial charge in [0.1, 0.15) is 0 Å². The number of likely N-dealkylation sites (tertiary alicyclic amines) is 1. The molecular weight excluding hydrogens is 402 g/mol. The van der Waals surface area contributed by atoms with Crippen molar-refractivity contribution < 1.29 is 9.59 Å². The first-order valence-corrected chi connectivity index (χ1v) is 11.7. The van der Waals surface area contributed by atoms with E-state index in [0.717, 1.165) is 51.1 Å². The molecule has 2 aliphatic rings. The predicted molar refractivity (Wildman–Crippen MR) is 127 cm³/mol. The molecule has 0 unspecified atom stereocenters. The second-order valence-corrected chi connectivity index (χ2v) is 8.82. The van der Waals surface area contributed by atoms with Gasteiger partial charge in [0, 0.05) is 57.1 Å². The van der Waals surface area contributed by atoms with E-state index in [1.54, 1.807) is 12.3 Å². The number of nitrogens with one attached hydrogen (secondary N) is 2. The lowest BCUT2D eigenvalue weighted by Gasteiger charge is -2.31. The van der Waals surface area contributed by atoms with Crippen molar-refractivity contribution in [3.05, 3.63) is 47.7 Å². The predicted octanol–water partition coefficient (Wildman–Crippen LogP) is 3.24. The quantitative estimate of drug-likeness (QED) is 0.754. The monoisotopic (exact) mass is 435 g/mol. The average molecular weight is 436 g/mol. The standard InChI is InChI=1S/C25H33N5O2/c1-18(2)28-21-10-7-11-27-23(21)19-8-6-9-20(24(31)29-14-4-3-5-15-29)22(19)25(32)30-16-12-26-13-17-30/h6-11,18,26,28H,3-5,12-17H2,1-2H3. The number of benzene rings is 1. The van der Waals surface area contributed by atoms with E-state index >= 15 is 0 Å². The number of nitrogens with zero attached hydrogens (tertiary/aromatic N) is 3. The Kier molecular flexibility index (Phi) is 7.05. The molecule has 2 saturated heterocycles. The molecule has 2 N–H and O–H groups in total. The van der Waals surface area contributed by atoms with Gasteiger partial charge in [0.15, 0.2) is 0 Å². The molecular formula is C25H33N5O2. The number of piperazine rings is 1. The molecule has 0 aliphatic carbocycles. The van der Waals surface area contributed by atoms with Crippen molar-refractivity contribution in [3.63, 3.8) is 0 Å². The number of hydrogen-bond acceptors (Lipinski definition) is 5. The molecule has 1 aromatic heterocycles. The maximum Gasteiger partial charge on any atom is 0.255 e. The summed E-state index contributed by atoms with van der Waals surface area (Å²) in [6.45, 7) is 8.40. The molecule has 1 aromatic carbocycles. The van der Waals surface area contributed by atoms with Crippen molar-refractivity contribution in [1.82, 2.24) is 20.1 Å². The summed E-state index contributed by atoms with van der Waals surface area (Å²) in [4.78, 5) is 35.7. The normalized spacial score (nSPS) is 16.8. The smallest absolute Gasteiger partial charge is 0.255 e. The summed E-state index contributed by atoms with van der Waals surface area (Å²) in [5.41, 5.74) is 3.22. The van der Waals surface area contributed by atoms with E-state index < -0.39 is 0 Å². The van der Waals surface area contributed by atoms with Crippen LogP contribution in [-0.2, 0) is 0 Å². The summed E-state index contributed by atoms with van der Waals surface area (Å²) in [7, 11) is 0. The molecule has 170 valence electrons. The Morgan fingerprint density at radius 1 is 0.938 bits per heavy atom. The van der Waals surface area contributed by atoms with E-state index in [4.69, 9.17) is 0 Å². The first-order valence-electron chi connectivity index (χ1n) is 11.7. The summed E-state index contributed by atoms with van der Waals surface area (Å²) in [5, 5.41) is 6.73. The highest BCUT2D eigenvalue weighted by Gasteiger charge is 2.30. The Bertz CT molecular complexity index is 963. The van der Waals surface area contributed by atoms with Gasteiger partial charge in [-0.25, -0.2) is 0 Å². The van der Waals surface area contributed by atoms with E-state index in [9.17, 15) is 9.59 Å². The molecule has 7 heteroatoms. The van der Waals surface area contributed by atoms with Gasteiger partial charge >= 0.3 is 0 Å². The number of anilines is 1. The fourth-order valence-corrected chi connectivity index (χ4v) is 4.50. The first-order chi connectivity index (χ1) is 15.6. The maximum absolute atomic E-state index is 13.8. The third-order valence-corrected chi connectivity index (χ3v) is 6.06. The summed E-state index contributed by atoms with van der Waals surface area (Å²) in [5.74, 6) is -0.150.